The quantitative estimate of drug-likeness (QED) is 0.804. The maximum Gasteiger partial charge on any atom is 0.115 e. The first-order valence-electron chi connectivity index (χ1n) is 5.71. The van der Waals surface area contributed by atoms with Crippen LogP contribution < -0.4 is 0 Å². The molecule has 0 aliphatic carbocycles. The standard InChI is InChI=1S/C13H21NO2/c1-4-12(15)9-14(3)10(2)11-6-5-7-13(16)8-11/h5-8,10,12,15-16H,4,9H2,1-3H3/t10?,12-/m1/s1. The predicted octanol–water partition coefficient (Wildman–Crippen LogP) is 2.16. The summed E-state index contributed by atoms with van der Waals surface area (Å²) < 4.78 is 0. The molecule has 0 aromatic heterocycles. The zero-order valence-corrected chi connectivity index (χ0v) is 10.2. The maximum absolute atomic E-state index is 9.59. The van der Waals surface area contributed by atoms with E-state index in [2.05, 4.69) is 11.8 Å². The molecule has 1 aromatic carbocycles. The fraction of sp³-hybridized carbons (Fsp3) is 0.538. The number of phenols is 1. The zero-order valence-electron chi connectivity index (χ0n) is 10.2. The minimum absolute atomic E-state index is 0.188. The smallest absolute Gasteiger partial charge is 0.115 e. The van der Waals surface area contributed by atoms with E-state index < -0.39 is 0 Å². The van der Waals surface area contributed by atoms with Gasteiger partial charge < -0.3 is 10.2 Å². The lowest BCUT2D eigenvalue weighted by Crippen LogP contribution is -2.30. The summed E-state index contributed by atoms with van der Waals surface area (Å²) in [7, 11) is 1.98. The Hall–Kier alpha value is -1.06. The summed E-state index contributed by atoms with van der Waals surface area (Å²) in [6.45, 7) is 4.68. The van der Waals surface area contributed by atoms with Crippen molar-refractivity contribution in [1.29, 1.82) is 0 Å². The van der Waals surface area contributed by atoms with Crippen LogP contribution in [0.2, 0.25) is 0 Å². The summed E-state index contributed by atoms with van der Waals surface area (Å²) in [6.07, 6.45) is 0.474. The Labute approximate surface area is 97.3 Å². The van der Waals surface area contributed by atoms with Crippen molar-refractivity contribution in [3.63, 3.8) is 0 Å². The highest BCUT2D eigenvalue weighted by molar-refractivity contribution is 5.29. The van der Waals surface area contributed by atoms with Crippen LogP contribution in [0.5, 0.6) is 5.75 Å². The first kappa shape index (κ1) is 13.0. The Balaban J connectivity index is 2.66. The van der Waals surface area contributed by atoms with Gasteiger partial charge in [0.2, 0.25) is 0 Å². The molecule has 0 bridgehead atoms. The van der Waals surface area contributed by atoms with Gasteiger partial charge >= 0.3 is 0 Å². The molecular formula is C13H21NO2. The highest BCUT2D eigenvalue weighted by Crippen LogP contribution is 2.22. The summed E-state index contributed by atoms with van der Waals surface area (Å²) in [4.78, 5) is 2.09. The van der Waals surface area contributed by atoms with E-state index in [1.807, 2.05) is 26.1 Å². The van der Waals surface area contributed by atoms with E-state index in [-0.39, 0.29) is 17.9 Å². The largest absolute Gasteiger partial charge is 0.508 e. The van der Waals surface area contributed by atoms with Crippen molar-refractivity contribution in [3.05, 3.63) is 29.8 Å². The zero-order chi connectivity index (χ0) is 12.1. The van der Waals surface area contributed by atoms with Crippen LogP contribution in [0.15, 0.2) is 24.3 Å². The molecule has 0 saturated carbocycles. The van der Waals surface area contributed by atoms with Gasteiger partial charge in [-0.3, -0.25) is 4.90 Å². The second kappa shape index (κ2) is 5.87. The van der Waals surface area contributed by atoms with E-state index in [4.69, 9.17) is 0 Å². The van der Waals surface area contributed by atoms with Crippen molar-refractivity contribution in [2.75, 3.05) is 13.6 Å². The van der Waals surface area contributed by atoms with Crippen LogP contribution >= 0.6 is 0 Å². The van der Waals surface area contributed by atoms with Gasteiger partial charge in [-0.25, -0.2) is 0 Å². The number of aliphatic hydroxyl groups excluding tert-OH is 1. The van der Waals surface area contributed by atoms with Crippen LogP contribution in [-0.2, 0) is 0 Å². The monoisotopic (exact) mass is 223 g/mol. The van der Waals surface area contributed by atoms with Gasteiger partial charge in [-0.1, -0.05) is 19.1 Å². The molecule has 0 saturated heterocycles. The average molecular weight is 223 g/mol. The third kappa shape index (κ3) is 3.51. The molecule has 16 heavy (non-hydrogen) atoms. The van der Waals surface area contributed by atoms with Crippen LogP contribution in [0.1, 0.15) is 31.9 Å². The van der Waals surface area contributed by atoms with E-state index in [1.165, 1.54) is 0 Å². The first-order valence-corrected chi connectivity index (χ1v) is 5.71. The van der Waals surface area contributed by atoms with Crippen molar-refractivity contribution in [1.82, 2.24) is 4.90 Å². The Morgan fingerprint density at radius 1 is 1.38 bits per heavy atom. The van der Waals surface area contributed by atoms with Crippen LogP contribution in [0, 0.1) is 0 Å². The highest BCUT2D eigenvalue weighted by atomic mass is 16.3. The number of aliphatic hydroxyl groups is 1. The fourth-order valence-corrected chi connectivity index (χ4v) is 1.66. The van der Waals surface area contributed by atoms with E-state index in [1.54, 1.807) is 12.1 Å². The molecule has 0 radical (unpaired) electrons. The number of aromatic hydroxyl groups is 1. The second-order valence-electron chi connectivity index (χ2n) is 4.27. The highest BCUT2D eigenvalue weighted by Gasteiger charge is 2.14. The molecule has 1 unspecified atom stereocenters. The van der Waals surface area contributed by atoms with E-state index >= 15 is 0 Å². The van der Waals surface area contributed by atoms with Gasteiger partial charge in [0.15, 0.2) is 0 Å². The summed E-state index contributed by atoms with van der Waals surface area (Å²) >= 11 is 0. The molecule has 0 fully saturated rings. The molecular weight excluding hydrogens is 202 g/mol. The minimum atomic E-state index is -0.287. The minimum Gasteiger partial charge on any atom is -0.508 e. The number of phenolic OH excluding ortho intramolecular Hbond substituents is 1. The second-order valence-corrected chi connectivity index (χ2v) is 4.27. The molecule has 3 nitrogen and oxygen atoms in total. The van der Waals surface area contributed by atoms with Gasteiger partial charge in [0, 0.05) is 12.6 Å². The Kier molecular flexibility index (Phi) is 4.77. The van der Waals surface area contributed by atoms with Crippen molar-refractivity contribution in [2.45, 2.75) is 32.4 Å². The topological polar surface area (TPSA) is 43.7 Å². The molecule has 1 rings (SSSR count). The van der Waals surface area contributed by atoms with Gasteiger partial charge in [-0.05, 0) is 38.1 Å². The molecule has 0 aliphatic rings. The first-order chi connectivity index (χ1) is 7.54. The molecule has 0 heterocycles. The Morgan fingerprint density at radius 2 is 2.06 bits per heavy atom. The normalized spacial score (nSPS) is 15.1. The number of hydrogen-bond donors (Lipinski definition) is 2. The fourth-order valence-electron chi connectivity index (χ4n) is 1.66. The van der Waals surface area contributed by atoms with Gasteiger partial charge in [-0.2, -0.15) is 0 Å². The third-order valence-electron chi connectivity index (χ3n) is 2.98. The van der Waals surface area contributed by atoms with E-state index in [9.17, 15) is 10.2 Å². The van der Waals surface area contributed by atoms with Gasteiger partial charge in [0.25, 0.3) is 0 Å². The molecule has 1 aromatic rings. The van der Waals surface area contributed by atoms with Crippen LogP contribution in [0.3, 0.4) is 0 Å². The van der Waals surface area contributed by atoms with Gasteiger partial charge in [-0.15, -0.1) is 0 Å². The number of hydrogen-bond acceptors (Lipinski definition) is 3. The van der Waals surface area contributed by atoms with E-state index in [0.29, 0.717) is 6.54 Å². The number of nitrogens with zero attached hydrogens (tertiary/aromatic N) is 1. The summed E-state index contributed by atoms with van der Waals surface area (Å²) in [5.74, 6) is 0.286. The predicted molar refractivity (Wildman–Crippen MR) is 65.4 cm³/mol. The maximum atomic E-state index is 9.59. The van der Waals surface area contributed by atoms with Gasteiger partial charge in [0.05, 0.1) is 6.10 Å². The lowest BCUT2D eigenvalue weighted by molar-refractivity contribution is 0.105. The number of benzene rings is 1. The molecule has 90 valence electrons. The Morgan fingerprint density at radius 3 is 2.62 bits per heavy atom. The van der Waals surface area contributed by atoms with Crippen molar-refractivity contribution in [2.24, 2.45) is 0 Å². The van der Waals surface area contributed by atoms with Gasteiger partial charge in [0.1, 0.15) is 5.75 Å². The summed E-state index contributed by atoms with van der Waals surface area (Å²) in [5, 5.41) is 19.0. The number of rotatable bonds is 5. The van der Waals surface area contributed by atoms with Crippen molar-refractivity contribution in [3.8, 4) is 5.75 Å². The lowest BCUT2D eigenvalue weighted by Gasteiger charge is -2.27. The Bertz CT molecular complexity index is 327. The van der Waals surface area contributed by atoms with E-state index in [0.717, 1.165) is 12.0 Å². The summed E-state index contributed by atoms with van der Waals surface area (Å²) in [6, 6.07) is 7.44. The van der Waals surface area contributed by atoms with Crippen LogP contribution in [0.4, 0.5) is 0 Å². The lowest BCUT2D eigenvalue weighted by atomic mass is 10.1. The molecule has 0 aliphatic heterocycles. The van der Waals surface area contributed by atoms with Crippen molar-refractivity contribution >= 4 is 0 Å². The number of likely N-dealkylation sites (N-methyl/N-ethyl adjacent to an activating group) is 1. The third-order valence-corrected chi connectivity index (χ3v) is 2.98. The molecule has 0 amide bonds. The SMILES string of the molecule is CC[C@@H](O)CN(C)C(C)c1cccc(O)c1. The average Bonchev–Trinajstić information content (AvgIpc) is 2.27. The van der Waals surface area contributed by atoms with Crippen LogP contribution in [-0.4, -0.2) is 34.8 Å². The molecule has 0 spiro atoms. The van der Waals surface area contributed by atoms with Crippen molar-refractivity contribution < 1.29 is 10.2 Å². The van der Waals surface area contributed by atoms with Crippen LogP contribution in [0.25, 0.3) is 0 Å². The molecule has 2 atom stereocenters. The molecule has 3 heteroatoms. The molecule has 2 N–H and O–H groups in total. The summed E-state index contributed by atoms with van der Waals surface area (Å²) in [5.41, 5.74) is 1.06.